The third kappa shape index (κ3) is 5.11. The number of ether oxygens (including phenoxy) is 1. The van der Waals surface area contributed by atoms with E-state index in [0.717, 1.165) is 28.8 Å². The molecule has 1 saturated heterocycles. The molecule has 0 atom stereocenters. The first-order valence-corrected chi connectivity index (χ1v) is 11.4. The number of halogens is 5. The number of thiocarbonyl (C=S) groups is 1. The number of nitrogens with zero attached hydrogens (tertiary/aromatic N) is 1. The highest BCUT2D eigenvalue weighted by molar-refractivity contribution is 8.27. The topological polar surface area (TPSA) is 29.5 Å². The lowest BCUT2D eigenvalue weighted by atomic mass is 10.1. The molecule has 0 spiro atoms. The summed E-state index contributed by atoms with van der Waals surface area (Å²) in [4.78, 5) is 14.3. The molecule has 0 unspecified atom stereocenters. The van der Waals surface area contributed by atoms with Crippen LogP contribution in [0.4, 0.5) is 23.2 Å². The maximum atomic E-state index is 14.1. The molecule has 10 heteroatoms. The number of carbonyl (C=O) groups is 1. The third-order valence-electron chi connectivity index (χ3n) is 4.86. The predicted molar refractivity (Wildman–Crippen MR) is 129 cm³/mol. The highest BCUT2D eigenvalue weighted by Gasteiger charge is 2.36. The summed E-state index contributed by atoms with van der Waals surface area (Å²) in [6.45, 7) is -0.137. The summed E-state index contributed by atoms with van der Waals surface area (Å²) in [5, 5.41) is 0.222. The Balaban J connectivity index is 1.60. The largest absolute Gasteiger partial charge is 0.488 e. The van der Waals surface area contributed by atoms with Gasteiger partial charge in [0, 0.05) is 11.1 Å². The van der Waals surface area contributed by atoms with Crippen molar-refractivity contribution in [1.82, 2.24) is 0 Å². The molecule has 3 nitrogen and oxygen atoms in total. The van der Waals surface area contributed by atoms with Crippen LogP contribution >= 0.6 is 35.6 Å². The highest BCUT2D eigenvalue weighted by atomic mass is 35.5. The lowest BCUT2D eigenvalue weighted by Gasteiger charge is -2.16. The molecule has 1 aliphatic rings. The van der Waals surface area contributed by atoms with Gasteiger partial charge in [0.25, 0.3) is 5.91 Å². The zero-order valence-corrected chi connectivity index (χ0v) is 19.5. The Bertz CT molecular complexity index is 1290. The molecule has 0 radical (unpaired) electrons. The summed E-state index contributed by atoms with van der Waals surface area (Å²) in [5.41, 5.74) is -0.151. The number of rotatable bonds is 5. The zero-order valence-electron chi connectivity index (χ0n) is 17.1. The summed E-state index contributed by atoms with van der Waals surface area (Å²) >= 11 is 12.3. The Morgan fingerprint density at radius 3 is 2.53 bits per heavy atom. The van der Waals surface area contributed by atoms with Crippen molar-refractivity contribution in [2.45, 2.75) is 12.8 Å². The van der Waals surface area contributed by atoms with Crippen LogP contribution in [0, 0.1) is 5.82 Å². The first kappa shape index (κ1) is 24.3. The minimum Gasteiger partial charge on any atom is -0.488 e. The maximum absolute atomic E-state index is 14.1. The molecule has 4 rings (SSSR count). The van der Waals surface area contributed by atoms with E-state index in [9.17, 15) is 22.4 Å². The van der Waals surface area contributed by atoms with Crippen LogP contribution in [0.25, 0.3) is 6.08 Å². The molecule has 1 amide bonds. The summed E-state index contributed by atoms with van der Waals surface area (Å²) in [5.74, 6) is -0.695. The molecule has 1 heterocycles. The Morgan fingerprint density at radius 2 is 1.79 bits per heavy atom. The van der Waals surface area contributed by atoms with Gasteiger partial charge in [-0.25, -0.2) is 4.39 Å². The number of hydrogen-bond acceptors (Lipinski definition) is 4. The molecule has 3 aromatic carbocycles. The van der Waals surface area contributed by atoms with Gasteiger partial charge in [0.1, 0.15) is 18.2 Å². The van der Waals surface area contributed by atoms with Gasteiger partial charge in [0.15, 0.2) is 4.32 Å². The number of amides is 1. The van der Waals surface area contributed by atoms with Gasteiger partial charge in [0.05, 0.1) is 21.2 Å². The lowest BCUT2D eigenvalue weighted by Crippen LogP contribution is -2.27. The van der Waals surface area contributed by atoms with Crippen molar-refractivity contribution in [3.8, 4) is 5.75 Å². The summed E-state index contributed by atoms with van der Waals surface area (Å²) < 4.78 is 59.2. The second-order valence-corrected chi connectivity index (χ2v) is 9.17. The molecule has 0 aliphatic carbocycles. The van der Waals surface area contributed by atoms with Crippen LogP contribution in [0.15, 0.2) is 71.6 Å². The molecular formula is C24H14ClF4NO2S2. The van der Waals surface area contributed by atoms with Gasteiger partial charge in [-0.15, -0.1) is 0 Å². The number of thioether (sulfide) groups is 1. The third-order valence-corrected chi connectivity index (χ3v) is 6.52. The van der Waals surface area contributed by atoms with E-state index in [1.54, 1.807) is 30.3 Å². The quantitative estimate of drug-likeness (QED) is 0.197. The molecule has 0 aromatic heterocycles. The first-order chi connectivity index (χ1) is 16.1. The van der Waals surface area contributed by atoms with E-state index in [-0.39, 0.29) is 32.1 Å². The highest BCUT2D eigenvalue weighted by Crippen LogP contribution is 2.39. The van der Waals surface area contributed by atoms with Gasteiger partial charge < -0.3 is 4.74 Å². The van der Waals surface area contributed by atoms with Gasteiger partial charge in [-0.2, -0.15) is 13.2 Å². The molecule has 174 valence electrons. The molecular weight excluding hydrogens is 510 g/mol. The Hall–Kier alpha value is -2.88. The minimum absolute atomic E-state index is 0.0273. The molecule has 0 bridgehead atoms. The maximum Gasteiger partial charge on any atom is 0.416 e. The van der Waals surface area contributed by atoms with Crippen molar-refractivity contribution >= 4 is 57.6 Å². The zero-order chi connectivity index (χ0) is 24.5. The fourth-order valence-electron chi connectivity index (χ4n) is 3.20. The SMILES string of the molecule is O=C1/C(=C\c2ccccc2OCc2c(F)cccc2Cl)SC(=S)N1c1cccc(C(F)(F)F)c1. The number of anilines is 1. The van der Waals surface area contributed by atoms with Gasteiger partial charge in [0.2, 0.25) is 0 Å². The Labute approximate surface area is 207 Å². The van der Waals surface area contributed by atoms with E-state index >= 15 is 0 Å². The molecule has 3 aromatic rings. The average molecular weight is 524 g/mol. The van der Waals surface area contributed by atoms with E-state index in [1.807, 2.05) is 0 Å². The smallest absolute Gasteiger partial charge is 0.416 e. The van der Waals surface area contributed by atoms with E-state index in [4.69, 9.17) is 28.6 Å². The fourth-order valence-corrected chi connectivity index (χ4v) is 4.71. The summed E-state index contributed by atoms with van der Waals surface area (Å²) in [6, 6.07) is 15.5. The van der Waals surface area contributed by atoms with Crippen LogP contribution in [-0.2, 0) is 17.6 Å². The average Bonchev–Trinajstić information content (AvgIpc) is 3.06. The second kappa shape index (κ2) is 9.77. The van der Waals surface area contributed by atoms with Gasteiger partial charge >= 0.3 is 6.18 Å². The van der Waals surface area contributed by atoms with Crippen LogP contribution in [0.5, 0.6) is 5.75 Å². The van der Waals surface area contributed by atoms with Crippen molar-refractivity contribution < 1.29 is 27.1 Å². The molecule has 1 aliphatic heterocycles. The monoisotopic (exact) mass is 523 g/mol. The molecule has 34 heavy (non-hydrogen) atoms. The second-order valence-electron chi connectivity index (χ2n) is 7.09. The van der Waals surface area contributed by atoms with E-state index in [1.165, 1.54) is 30.3 Å². The fraction of sp³-hybridized carbons (Fsp3) is 0.0833. The summed E-state index contributed by atoms with van der Waals surface area (Å²) in [6.07, 6.45) is -3.02. The van der Waals surface area contributed by atoms with Gasteiger partial charge in [-0.1, -0.05) is 65.9 Å². The van der Waals surface area contributed by atoms with E-state index < -0.39 is 23.5 Å². The Kier molecular flexibility index (Phi) is 6.97. The molecule has 0 saturated carbocycles. The number of carbonyl (C=O) groups excluding carboxylic acids is 1. The van der Waals surface area contributed by atoms with Crippen molar-refractivity contribution in [3.63, 3.8) is 0 Å². The lowest BCUT2D eigenvalue weighted by molar-refractivity contribution is -0.137. The molecule has 0 N–H and O–H groups in total. The number of alkyl halides is 3. The molecule has 1 fully saturated rings. The number of para-hydroxylation sites is 1. The van der Waals surface area contributed by atoms with E-state index in [0.29, 0.717) is 11.3 Å². The van der Waals surface area contributed by atoms with Crippen molar-refractivity contribution in [1.29, 1.82) is 0 Å². The van der Waals surface area contributed by atoms with Crippen LogP contribution in [0.3, 0.4) is 0 Å². The van der Waals surface area contributed by atoms with Crippen molar-refractivity contribution in [2.75, 3.05) is 4.90 Å². The van der Waals surface area contributed by atoms with Crippen LogP contribution in [0.2, 0.25) is 5.02 Å². The normalized spacial score (nSPS) is 15.3. The van der Waals surface area contributed by atoms with Crippen LogP contribution < -0.4 is 9.64 Å². The van der Waals surface area contributed by atoms with Gasteiger partial charge in [-0.3, -0.25) is 9.69 Å². The van der Waals surface area contributed by atoms with Crippen molar-refractivity contribution in [2.24, 2.45) is 0 Å². The standard InChI is InChI=1S/C24H14ClF4NO2S2/c25-18-8-4-9-19(26)17(18)13-32-20-10-2-1-5-14(20)11-21-22(31)30(23(33)34-21)16-7-3-6-15(12-16)24(27,28)29/h1-12H,13H2/b21-11+. The number of hydrogen-bond donors (Lipinski definition) is 0. The minimum atomic E-state index is -4.55. The van der Waals surface area contributed by atoms with Crippen LogP contribution in [-0.4, -0.2) is 10.2 Å². The Morgan fingerprint density at radius 1 is 1.06 bits per heavy atom. The van der Waals surface area contributed by atoms with E-state index in [2.05, 4.69) is 0 Å². The summed E-state index contributed by atoms with van der Waals surface area (Å²) in [7, 11) is 0. The van der Waals surface area contributed by atoms with Crippen molar-refractivity contribution in [3.05, 3.63) is 99.2 Å². The van der Waals surface area contributed by atoms with Crippen LogP contribution in [0.1, 0.15) is 16.7 Å². The van der Waals surface area contributed by atoms with Gasteiger partial charge in [-0.05, 0) is 42.5 Å². The predicted octanol–water partition coefficient (Wildman–Crippen LogP) is 7.48. The number of benzene rings is 3. The first-order valence-electron chi connectivity index (χ1n) is 9.75.